The van der Waals surface area contributed by atoms with Crippen molar-refractivity contribution in [1.29, 1.82) is 0 Å². The molecule has 3 nitrogen and oxygen atoms in total. The summed E-state index contributed by atoms with van der Waals surface area (Å²) < 4.78 is 15.1. The van der Waals surface area contributed by atoms with Crippen LogP contribution in [0.5, 0.6) is 0 Å². The first-order valence-electron chi connectivity index (χ1n) is 6.93. The van der Waals surface area contributed by atoms with Crippen molar-refractivity contribution in [2.75, 3.05) is 6.26 Å². The summed E-state index contributed by atoms with van der Waals surface area (Å²) in [6, 6.07) is 12.5. The van der Waals surface area contributed by atoms with Gasteiger partial charge in [-0.3, -0.25) is 5.48 Å². The quantitative estimate of drug-likeness (QED) is 0.754. The number of benzene rings is 2. The summed E-state index contributed by atoms with van der Waals surface area (Å²) in [4.78, 5) is 5.85. The molecule has 120 valence electrons. The van der Waals surface area contributed by atoms with E-state index in [4.69, 9.17) is 4.84 Å². The van der Waals surface area contributed by atoms with Gasteiger partial charge < -0.3 is 5.11 Å². The summed E-state index contributed by atoms with van der Waals surface area (Å²) in [5.74, 6) is -1.87. The van der Waals surface area contributed by atoms with Crippen molar-refractivity contribution in [3.05, 3.63) is 63.9 Å². The molecule has 23 heavy (non-hydrogen) atoms. The molecule has 0 bridgehead atoms. The lowest BCUT2D eigenvalue weighted by molar-refractivity contribution is -0.160. The second-order valence-electron chi connectivity index (χ2n) is 5.29. The fourth-order valence-electron chi connectivity index (χ4n) is 2.54. The molecular formula is C17H15BrFNO2S. The molecule has 0 aliphatic carbocycles. The molecule has 0 saturated carbocycles. The van der Waals surface area contributed by atoms with E-state index in [2.05, 4.69) is 21.4 Å². The number of nitrogens with one attached hydrogen (secondary N) is 1. The van der Waals surface area contributed by atoms with Crippen molar-refractivity contribution >= 4 is 39.0 Å². The van der Waals surface area contributed by atoms with Crippen LogP contribution in [0.1, 0.15) is 18.1 Å². The third kappa shape index (κ3) is 3.17. The molecule has 0 amide bonds. The molecule has 0 fully saturated rings. The van der Waals surface area contributed by atoms with Crippen LogP contribution < -0.4 is 5.48 Å². The Morgan fingerprint density at radius 3 is 2.43 bits per heavy atom. The highest BCUT2D eigenvalue weighted by Crippen LogP contribution is 2.40. The molecule has 0 saturated heterocycles. The number of hydroxylamine groups is 1. The minimum absolute atomic E-state index is 0.319. The van der Waals surface area contributed by atoms with E-state index in [0.29, 0.717) is 21.7 Å². The maximum atomic E-state index is 14.1. The molecule has 2 aromatic rings. The summed E-state index contributed by atoms with van der Waals surface area (Å²) in [6.07, 6.45) is 1.82. The summed E-state index contributed by atoms with van der Waals surface area (Å²) in [6.45, 7) is 1.53. The smallest absolute Gasteiger partial charge is 0.217 e. The van der Waals surface area contributed by atoms with E-state index in [1.165, 1.54) is 24.8 Å². The molecule has 0 aromatic heterocycles. The van der Waals surface area contributed by atoms with Crippen molar-refractivity contribution in [2.45, 2.75) is 17.6 Å². The van der Waals surface area contributed by atoms with Gasteiger partial charge in [0.15, 0.2) is 0 Å². The molecule has 1 unspecified atom stereocenters. The summed E-state index contributed by atoms with van der Waals surface area (Å²) in [7, 11) is 0. The predicted octanol–water partition coefficient (Wildman–Crippen LogP) is 4.42. The summed E-state index contributed by atoms with van der Waals surface area (Å²) >= 11 is 4.73. The molecule has 6 heteroatoms. The van der Waals surface area contributed by atoms with Crippen LogP contribution in [0, 0.1) is 5.82 Å². The van der Waals surface area contributed by atoms with Crippen LogP contribution in [0.4, 0.5) is 4.39 Å². The third-order valence-electron chi connectivity index (χ3n) is 3.64. The van der Waals surface area contributed by atoms with E-state index in [0.717, 1.165) is 10.0 Å². The van der Waals surface area contributed by atoms with Gasteiger partial charge in [-0.1, -0.05) is 34.1 Å². The lowest BCUT2D eigenvalue weighted by Gasteiger charge is -2.19. The monoisotopic (exact) mass is 395 g/mol. The Kier molecular flexibility index (Phi) is 4.51. The number of hydrogen-bond donors (Lipinski definition) is 2. The third-order valence-corrected chi connectivity index (χ3v) is 4.94. The van der Waals surface area contributed by atoms with Gasteiger partial charge in [-0.05, 0) is 43.0 Å². The number of rotatable bonds is 3. The van der Waals surface area contributed by atoms with Gasteiger partial charge >= 0.3 is 0 Å². The lowest BCUT2D eigenvalue weighted by Crippen LogP contribution is -2.27. The predicted molar refractivity (Wildman–Crippen MR) is 94.0 cm³/mol. The zero-order valence-corrected chi connectivity index (χ0v) is 15.0. The highest BCUT2D eigenvalue weighted by atomic mass is 79.9. The Labute approximate surface area is 146 Å². The largest absolute Gasteiger partial charge is 0.360 e. The second kappa shape index (κ2) is 6.28. The molecule has 1 heterocycles. The standard InChI is InChI=1S/C17H15BrFNO2S/c1-17(21)15(11-5-8-14(23-2)13(19)9-11)16(20-22-17)10-3-6-12(18)7-4-10/h3-9,20-21H,1-2H3. The molecule has 2 aromatic carbocycles. The SMILES string of the molecule is CSc1ccc(C2=C(c3ccc(Br)cc3)NOC2(C)O)cc1F. The molecule has 1 aliphatic heterocycles. The van der Waals surface area contributed by atoms with Crippen molar-refractivity contribution < 1.29 is 14.3 Å². The zero-order chi connectivity index (χ0) is 16.6. The van der Waals surface area contributed by atoms with Crippen molar-refractivity contribution in [1.82, 2.24) is 5.48 Å². The molecule has 0 spiro atoms. The number of hydrogen-bond acceptors (Lipinski definition) is 4. The molecule has 3 rings (SSSR count). The summed E-state index contributed by atoms with van der Waals surface area (Å²) in [5, 5.41) is 10.5. The highest BCUT2D eigenvalue weighted by Gasteiger charge is 2.38. The molecular weight excluding hydrogens is 381 g/mol. The Balaban J connectivity index is 2.15. The molecule has 1 atom stereocenters. The first-order valence-corrected chi connectivity index (χ1v) is 8.95. The Bertz CT molecular complexity index is 775. The van der Waals surface area contributed by atoms with E-state index in [1.54, 1.807) is 12.1 Å². The Morgan fingerprint density at radius 2 is 1.83 bits per heavy atom. The van der Waals surface area contributed by atoms with Crippen LogP contribution in [0.3, 0.4) is 0 Å². The van der Waals surface area contributed by atoms with Gasteiger partial charge in [0.25, 0.3) is 0 Å². The van der Waals surface area contributed by atoms with Gasteiger partial charge in [0, 0.05) is 20.5 Å². The summed E-state index contributed by atoms with van der Waals surface area (Å²) in [5.41, 5.74) is 5.32. The molecule has 1 aliphatic rings. The molecule has 0 radical (unpaired) electrons. The fourth-order valence-corrected chi connectivity index (χ4v) is 3.26. The van der Waals surface area contributed by atoms with E-state index in [-0.39, 0.29) is 5.82 Å². The van der Waals surface area contributed by atoms with Gasteiger partial charge in [-0.25, -0.2) is 9.23 Å². The van der Waals surface area contributed by atoms with Crippen LogP contribution in [-0.4, -0.2) is 17.1 Å². The first-order chi connectivity index (χ1) is 10.9. The average Bonchev–Trinajstić information content (AvgIpc) is 2.83. The Morgan fingerprint density at radius 1 is 1.17 bits per heavy atom. The van der Waals surface area contributed by atoms with Gasteiger partial charge in [0.1, 0.15) is 5.82 Å². The Hall–Kier alpha value is -1.34. The van der Waals surface area contributed by atoms with Crippen LogP contribution in [0.25, 0.3) is 11.3 Å². The minimum Gasteiger partial charge on any atom is -0.360 e. The van der Waals surface area contributed by atoms with E-state index >= 15 is 0 Å². The van der Waals surface area contributed by atoms with Crippen molar-refractivity contribution in [2.24, 2.45) is 0 Å². The number of aliphatic hydroxyl groups is 1. The van der Waals surface area contributed by atoms with E-state index in [1.807, 2.05) is 30.5 Å². The first kappa shape index (κ1) is 16.5. The van der Waals surface area contributed by atoms with Crippen LogP contribution in [0.15, 0.2) is 51.8 Å². The van der Waals surface area contributed by atoms with Crippen molar-refractivity contribution in [3.8, 4) is 0 Å². The average molecular weight is 396 g/mol. The minimum atomic E-state index is -1.55. The van der Waals surface area contributed by atoms with Gasteiger partial charge in [0.2, 0.25) is 5.79 Å². The topological polar surface area (TPSA) is 41.5 Å². The number of thioether (sulfide) groups is 1. The number of halogens is 2. The highest BCUT2D eigenvalue weighted by molar-refractivity contribution is 9.10. The second-order valence-corrected chi connectivity index (χ2v) is 7.06. The normalized spacial score (nSPS) is 20.7. The van der Waals surface area contributed by atoms with Crippen molar-refractivity contribution in [3.63, 3.8) is 0 Å². The van der Waals surface area contributed by atoms with Gasteiger partial charge in [0.05, 0.1) is 5.70 Å². The fraction of sp³-hybridized carbons (Fsp3) is 0.176. The zero-order valence-electron chi connectivity index (χ0n) is 12.6. The maximum absolute atomic E-state index is 14.1. The van der Waals surface area contributed by atoms with Gasteiger partial charge in [-0.2, -0.15) is 0 Å². The maximum Gasteiger partial charge on any atom is 0.217 e. The van der Waals surface area contributed by atoms with Crippen LogP contribution in [-0.2, 0) is 4.84 Å². The lowest BCUT2D eigenvalue weighted by atomic mass is 9.94. The van der Waals surface area contributed by atoms with E-state index < -0.39 is 5.79 Å². The van der Waals surface area contributed by atoms with Crippen LogP contribution >= 0.6 is 27.7 Å². The van der Waals surface area contributed by atoms with Crippen LogP contribution in [0.2, 0.25) is 0 Å². The molecule has 2 N–H and O–H groups in total. The van der Waals surface area contributed by atoms with E-state index in [9.17, 15) is 9.50 Å². The van der Waals surface area contributed by atoms with Gasteiger partial charge in [-0.15, -0.1) is 11.8 Å².